The fourth-order valence-corrected chi connectivity index (χ4v) is 3.18. The Morgan fingerprint density at radius 3 is 2.39 bits per heavy atom. The zero-order valence-electron chi connectivity index (χ0n) is 17.8. The van der Waals surface area contributed by atoms with Crippen molar-refractivity contribution in [2.24, 2.45) is 0 Å². The number of methoxy groups -OCH3 is 1. The predicted molar refractivity (Wildman–Crippen MR) is 121 cm³/mol. The SMILES string of the molecule is COc1cccc(NC(=O)COc2ccc(C(=O)NC(C)c3ccccc3C)cc2)c1. The molecule has 6 nitrogen and oxygen atoms in total. The van der Waals surface area contributed by atoms with Gasteiger partial charge in [0, 0.05) is 17.3 Å². The van der Waals surface area contributed by atoms with Crippen molar-refractivity contribution in [2.75, 3.05) is 19.0 Å². The average molecular weight is 418 g/mol. The Kier molecular flexibility index (Phi) is 7.27. The van der Waals surface area contributed by atoms with E-state index in [0.29, 0.717) is 22.7 Å². The van der Waals surface area contributed by atoms with Crippen LogP contribution in [0.25, 0.3) is 0 Å². The van der Waals surface area contributed by atoms with E-state index in [-0.39, 0.29) is 24.5 Å². The van der Waals surface area contributed by atoms with Crippen LogP contribution >= 0.6 is 0 Å². The van der Waals surface area contributed by atoms with E-state index in [1.54, 1.807) is 55.6 Å². The van der Waals surface area contributed by atoms with Gasteiger partial charge in [-0.1, -0.05) is 30.3 Å². The van der Waals surface area contributed by atoms with Gasteiger partial charge in [-0.05, 0) is 61.4 Å². The van der Waals surface area contributed by atoms with E-state index in [1.165, 1.54) is 0 Å². The molecule has 2 amide bonds. The maximum atomic E-state index is 12.5. The first kappa shape index (κ1) is 21.9. The second kappa shape index (κ2) is 10.3. The molecule has 0 heterocycles. The van der Waals surface area contributed by atoms with E-state index in [2.05, 4.69) is 10.6 Å². The minimum atomic E-state index is -0.290. The van der Waals surface area contributed by atoms with Gasteiger partial charge in [-0.2, -0.15) is 0 Å². The van der Waals surface area contributed by atoms with E-state index < -0.39 is 0 Å². The summed E-state index contributed by atoms with van der Waals surface area (Å²) in [4.78, 5) is 24.6. The lowest BCUT2D eigenvalue weighted by Crippen LogP contribution is -2.27. The zero-order chi connectivity index (χ0) is 22.2. The van der Waals surface area contributed by atoms with Gasteiger partial charge in [0.1, 0.15) is 11.5 Å². The van der Waals surface area contributed by atoms with Crippen LogP contribution in [-0.2, 0) is 4.79 Å². The molecule has 0 saturated carbocycles. The smallest absolute Gasteiger partial charge is 0.262 e. The lowest BCUT2D eigenvalue weighted by molar-refractivity contribution is -0.118. The van der Waals surface area contributed by atoms with Gasteiger partial charge in [0.15, 0.2) is 6.61 Å². The van der Waals surface area contributed by atoms with Gasteiger partial charge < -0.3 is 20.1 Å². The van der Waals surface area contributed by atoms with Crippen LogP contribution < -0.4 is 20.1 Å². The summed E-state index contributed by atoms with van der Waals surface area (Å²) in [6.45, 7) is 3.83. The minimum absolute atomic E-state index is 0.107. The summed E-state index contributed by atoms with van der Waals surface area (Å²) >= 11 is 0. The van der Waals surface area contributed by atoms with Gasteiger partial charge in [-0.25, -0.2) is 0 Å². The second-order valence-corrected chi connectivity index (χ2v) is 7.14. The van der Waals surface area contributed by atoms with Crippen molar-refractivity contribution < 1.29 is 19.1 Å². The largest absolute Gasteiger partial charge is 0.497 e. The highest BCUT2D eigenvalue weighted by Gasteiger charge is 2.13. The molecule has 3 aromatic rings. The van der Waals surface area contributed by atoms with Crippen molar-refractivity contribution in [1.29, 1.82) is 0 Å². The summed E-state index contributed by atoms with van der Waals surface area (Å²) in [6.07, 6.45) is 0. The van der Waals surface area contributed by atoms with Crippen molar-refractivity contribution in [2.45, 2.75) is 19.9 Å². The fourth-order valence-electron chi connectivity index (χ4n) is 3.18. The quantitative estimate of drug-likeness (QED) is 0.564. The highest BCUT2D eigenvalue weighted by atomic mass is 16.5. The molecule has 3 aromatic carbocycles. The molecule has 2 N–H and O–H groups in total. The summed E-state index contributed by atoms with van der Waals surface area (Å²) in [7, 11) is 1.57. The summed E-state index contributed by atoms with van der Waals surface area (Å²) in [6, 6.07) is 21.6. The average Bonchev–Trinajstić information content (AvgIpc) is 2.78. The molecule has 0 aliphatic carbocycles. The Labute approximate surface area is 182 Å². The topological polar surface area (TPSA) is 76.7 Å². The maximum absolute atomic E-state index is 12.5. The Morgan fingerprint density at radius 2 is 1.68 bits per heavy atom. The highest BCUT2D eigenvalue weighted by molar-refractivity contribution is 5.94. The number of ether oxygens (including phenoxy) is 2. The molecule has 3 rings (SSSR count). The number of amides is 2. The number of hydrogen-bond donors (Lipinski definition) is 2. The minimum Gasteiger partial charge on any atom is -0.497 e. The lowest BCUT2D eigenvalue weighted by atomic mass is 10.0. The molecule has 0 aliphatic heterocycles. The molecule has 6 heteroatoms. The van der Waals surface area contributed by atoms with Crippen LogP contribution in [0.4, 0.5) is 5.69 Å². The molecule has 31 heavy (non-hydrogen) atoms. The number of hydrogen-bond acceptors (Lipinski definition) is 4. The standard InChI is InChI=1S/C25H26N2O4/c1-17-7-4-5-10-23(17)18(2)26-25(29)19-11-13-21(14-12-19)31-16-24(28)27-20-8-6-9-22(15-20)30-3/h4-15,18H,16H2,1-3H3,(H,26,29)(H,27,28). The normalized spacial score (nSPS) is 11.3. The third-order valence-corrected chi connectivity index (χ3v) is 4.84. The summed E-state index contributed by atoms with van der Waals surface area (Å²) in [5, 5.41) is 5.76. The van der Waals surface area contributed by atoms with Crippen LogP contribution in [0.3, 0.4) is 0 Å². The van der Waals surface area contributed by atoms with Gasteiger partial charge in [-0.15, -0.1) is 0 Å². The third kappa shape index (κ3) is 6.09. The summed E-state index contributed by atoms with van der Waals surface area (Å²) < 4.78 is 10.7. The molecule has 0 fully saturated rings. The number of anilines is 1. The molecule has 160 valence electrons. The van der Waals surface area contributed by atoms with E-state index in [0.717, 1.165) is 11.1 Å². The number of carbonyl (C=O) groups excluding carboxylic acids is 2. The van der Waals surface area contributed by atoms with Crippen LogP contribution in [0.5, 0.6) is 11.5 Å². The van der Waals surface area contributed by atoms with Crippen LogP contribution in [-0.4, -0.2) is 25.5 Å². The van der Waals surface area contributed by atoms with Crippen molar-refractivity contribution in [3.8, 4) is 11.5 Å². The van der Waals surface area contributed by atoms with Crippen molar-refractivity contribution in [1.82, 2.24) is 5.32 Å². The Morgan fingerprint density at radius 1 is 0.935 bits per heavy atom. The molecule has 0 aromatic heterocycles. The molecule has 1 unspecified atom stereocenters. The molecular weight excluding hydrogens is 392 g/mol. The summed E-state index contributed by atoms with van der Waals surface area (Å²) in [5.74, 6) is 0.703. The summed E-state index contributed by atoms with van der Waals surface area (Å²) in [5.41, 5.74) is 3.36. The van der Waals surface area contributed by atoms with Gasteiger partial charge in [0.25, 0.3) is 11.8 Å². The first-order valence-electron chi connectivity index (χ1n) is 9.99. The van der Waals surface area contributed by atoms with Gasteiger partial charge in [0.05, 0.1) is 13.2 Å². The van der Waals surface area contributed by atoms with Crippen LogP contribution in [0.15, 0.2) is 72.8 Å². The Balaban J connectivity index is 1.52. The van der Waals surface area contributed by atoms with Crippen molar-refractivity contribution in [3.63, 3.8) is 0 Å². The van der Waals surface area contributed by atoms with Gasteiger partial charge >= 0.3 is 0 Å². The number of carbonyl (C=O) groups is 2. The molecular formula is C25H26N2O4. The number of aryl methyl sites for hydroxylation is 1. The number of benzene rings is 3. The lowest BCUT2D eigenvalue weighted by Gasteiger charge is -2.16. The highest BCUT2D eigenvalue weighted by Crippen LogP contribution is 2.19. The van der Waals surface area contributed by atoms with Crippen LogP contribution in [0.2, 0.25) is 0 Å². The Bertz CT molecular complexity index is 1050. The maximum Gasteiger partial charge on any atom is 0.262 e. The molecule has 0 radical (unpaired) electrons. The number of nitrogens with one attached hydrogen (secondary N) is 2. The van der Waals surface area contributed by atoms with E-state index in [1.807, 2.05) is 38.1 Å². The fraction of sp³-hybridized carbons (Fsp3) is 0.200. The van der Waals surface area contributed by atoms with E-state index >= 15 is 0 Å². The predicted octanol–water partition coefficient (Wildman–Crippen LogP) is 4.51. The van der Waals surface area contributed by atoms with Crippen molar-refractivity contribution >= 4 is 17.5 Å². The van der Waals surface area contributed by atoms with E-state index in [9.17, 15) is 9.59 Å². The van der Waals surface area contributed by atoms with Gasteiger partial charge in [0.2, 0.25) is 0 Å². The van der Waals surface area contributed by atoms with Crippen LogP contribution in [0, 0.1) is 6.92 Å². The molecule has 1 atom stereocenters. The van der Waals surface area contributed by atoms with Crippen molar-refractivity contribution in [3.05, 3.63) is 89.5 Å². The molecule has 0 bridgehead atoms. The second-order valence-electron chi connectivity index (χ2n) is 7.14. The molecule has 0 aliphatic rings. The first-order chi connectivity index (χ1) is 15.0. The van der Waals surface area contributed by atoms with Crippen LogP contribution in [0.1, 0.15) is 34.5 Å². The molecule has 0 saturated heterocycles. The zero-order valence-corrected chi connectivity index (χ0v) is 17.8. The van der Waals surface area contributed by atoms with Gasteiger partial charge in [-0.3, -0.25) is 9.59 Å². The Hall–Kier alpha value is -3.80. The monoisotopic (exact) mass is 418 g/mol. The van der Waals surface area contributed by atoms with E-state index in [4.69, 9.17) is 9.47 Å². The number of rotatable bonds is 8. The first-order valence-corrected chi connectivity index (χ1v) is 9.99. The third-order valence-electron chi connectivity index (χ3n) is 4.84. The molecule has 0 spiro atoms.